The van der Waals surface area contributed by atoms with Crippen molar-refractivity contribution in [1.82, 2.24) is 4.98 Å². The van der Waals surface area contributed by atoms with Gasteiger partial charge in [-0.15, -0.1) is 0 Å². The zero-order valence-corrected chi connectivity index (χ0v) is 13.0. The first-order chi connectivity index (χ1) is 10.1. The van der Waals surface area contributed by atoms with Gasteiger partial charge in [-0.3, -0.25) is 5.41 Å². The van der Waals surface area contributed by atoms with E-state index in [4.69, 9.17) is 16.1 Å². The van der Waals surface area contributed by atoms with E-state index in [0.717, 1.165) is 28.3 Å². The molecule has 0 saturated carbocycles. The monoisotopic (exact) mass is 297 g/mol. The second-order valence-electron chi connectivity index (χ2n) is 5.49. The average molecular weight is 297 g/mol. The van der Waals surface area contributed by atoms with Gasteiger partial charge in [0.25, 0.3) is 0 Å². The molecule has 0 spiro atoms. The van der Waals surface area contributed by atoms with E-state index >= 15 is 0 Å². The van der Waals surface area contributed by atoms with Gasteiger partial charge in [0.2, 0.25) is 0 Å². The van der Waals surface area contributed by atoms with Crippen molar-refractivity contribution in [3.05, 3.63) is 52.7 Å². The minimum atomic E-state index is 0.103. The van der Waals surface area contributed by atoms with Gasteiger partial charge in [0.05, 0.1) is 0 Å². The number of nitrogens with one attached hydrogen (secondary N) is 1. The number of rotatable bonds is 3. The van der Waals surface area contributed by atoms with Crippen LogP contribution < -0.4 is 5.73 Å². The van der Waals surface area contributed by atoms with Crippen molar-refractivity contribution in [3.8, 4) is 0 Å². The van der Waals surface area contributed by atoms with Gasteiger partial charge in [0.1, 0.15) is 10.9 Å². The van der Waals surface area contributed by atoms with Crippen LogP contribution in [0.15, 0.2) is 40.3 Å². The first-order valence-corrected chi connectivity index (χ1v) is 8.07. The molecule has 0 aliphatic heterocycles. The van der Waals surface area contributed by atoms with Crippen LogP contribution in [0.5, 0.6) is 0 Å². The summed E-state index contributed by atoms with van der Waals surface area (Å²) in [5.41, 5.74) is 10.2. The third kappa shape index (κ3) is 3.10. The summed E-state index contributed by atoms with van der Waals surface area (Å²) in [6.45, 7) is 2.08. The minimum Gasteiger partial charge on any atom is -0.384 e. The van der Waals surface area contributed by atoms with Crippen LogP contribution in [0.1, 0.15) is 35.2 Å². The molecule has 2 aromatic rings. The SMILES string of the molecule is Cc1cccc(Sc2nc3c(cc2C(=N)N)CCCC3)c1. The lowest BCUT2D eigenvalue weighted by atomic mass is 9.95. The highest BCUT2D eigenvalue weighted by atomic mass is 32.2. The molecule has 0 amide bonds. The smallest absolute Gasteiger partial charge is 0.125 e. The molecule has 1 aliphatic carbocycles. The normalized spacial score (nSPS) is 13.8. The number of aryl methyl sites for hydroxylation is 3. The molecule has 0 atom stereocenters. The molecule has 0 fully saturated rings. The van der Waals surface area contributed by atoms with Crippen molar-refractivity contribution >= 4 is 17.6 Å². The molecule has 3 N–H and O–H groups in total. The molecule has 3 rings (SSSR count). The van der Waals surface area contributed by atoms with E-state index in [1.165, 1.54) is 29.7 Å². The predicted octanol–water partition coefficient (Wildman–Crippen LogP) is 3.70. The second-order valence-corrected chi connectivity index (χ2v) is 6.55. The molecule has 3 nitrogen and oxygen atoms in total. The number of nitrogens with zero attached hydrogens (tertiary/aromatic N) is 1. The summed E-state index contributed by atoms with van der Waals surface area (Å²) in [6.07, 6.45) is 4.50. The predicted molar refractivity (Wildman–Crippen MR) is 87.2 cm³/mol. The number of hydrogen-bond donors (Lipinski definition) is 2. The molecular formula is C17H19N3S. The summed E-state index contributed by atoms with van der Waals surface area (Å²) < 4.78 is 0. The highest BCUT2D eigenvalue weighted by Gasteiger charge is 2.17. The van der Waals surface area contributed by atoms with E-state index in [2.05, 4.69) is 31.2 Å². The third-order valence-electron chi connectivity index (χ3n) is 3.76. The number of aromatic nitrogens is 1. The van der Waals surface area contributed by atoms with Crippen molar-refractivity contribution < 1.29 is 0 Å². The molecule has 1 aromatic heterocycles. The van der Waals surface area contributed by atoms with E-state index < -0.39 is 0 Å². The Hall–Kier alpha value is -1.81. The largest absolute Gasteiger partial charge is 0.384 e. The van der Waals surface area contributed by atoms with Gasteiger partial charge in [0.15, 0.2) is 0 Å². The summed E-state index contributed by atoms with van der Waals surface area (Å²) in [6, 6.07) is 10.4. The van der Waals surface area contributed by atoms with Crippen LogP contribution in [0.2, 0.25) is 0 Å². The van der Waals surface area contributed by atoms with E-state index in [9.17, 15) is 0 Å². The molecule has 1 aromatic carbocycles. The molecule has 0 radical (unpaired) electrons. The number of pyridine rings is 1. The standard InChI is InChI=1S/C17H19N3S/c1-11-5-4-7-13(9-11)21-17-14(16(18)19)10-12-6-2-3-8-15(12)20-17/h4-5,7,9-10H,2-3,6,8H2,1H3,(H3,18,19). The first kappa shape index (κ1) is 14.1. The van der Waals surface area contributed by atoms with Crippen LogP contribution >= 0.6 is 11.8 Å². The maximum Gasteiger partial charge on any atom is 0.125 e. The van der Waals surface area contributed by atoms with Gasteiger partial charge in [-0.25, -0.2) is 4.98 Å². The van der Waals surface area contributed by atoms with Crippen LogP contribution in [0.4, 0.5) is 0 Å². The Morgan fingerprint density at radius 3 is 2.81 bits per heavy atom. The maximum atomic E-state index is 7.83. The molecule has 1 heterocycles. The first-order valence-electron chi connectivity index (χ1n) is 7.25. The van der Waals surface area contributed by atoms with Gasteiger partial charge in [0, 0.05) is 16.2 Å². The average Bonchev–Trinajstić information content (AvgIpc) is 2.46. The van der Waals surface area contributed by atoms with E-state index in [-0.39, 0.29) is 5.84 Å². The number of benzene rings is 1. The Balaban J connectivity index is 2.01. The summed E-state index contributed by atoms with van der Waals surface area (Å²) in [7, 11) is 0. The molecule has 4 heteroatoms. The highest BCUT2D eigenvalue weighted by molar-refractivity contribution is 7.99. The number of hydrogen-bond acceptors (Lipinski definition) is 3. The minimum absolute atomic E-state index is 0.103. The quantitative estimate of drug-likeness (QED) is 0.670. The molecule has 21 heavy (non-hydrogen) atoms. The molecule has 0 saturated heterocycles. The molecule has 1 aliphatic rings. The summed E-state index contributed by atoms with van der Waals surface area (Å²) in [5, 5.41) is 8.68. The lowest BCUT2D eigenvalue weighted by molar-refractivity contribution is 0.660. The maximum absolute atomic E-state index is 7.83. The second kappa shape index (κ2) is 5.90. The van der Waals surface area contributed by atoms with Crippen molar-refractivity contribution in [1.29, 1.82) is 5.41 Å². The van der Waals surface area contributed by atoms with E-state index in [1.54, 1.807) is 11.8 Å². The van der Waals surface area contributed by atoms with Gasteiger partial charge >= 0.3 is 0 Å². The van der Waals surface area contributed by atoms with Crippen LogP contribution in [0.3, 0.4) is 0 Å². The van der Waals surface area contributed by atoms with Crippen LogP contribution in [-0.2, 0) is 12.8 Å². The lowest BCUT2D eigenvalue weighted by Crippen LogP contribution is -2.16. The van der Waals surface area contributed by atoms with Crippen LogP contribution in [0.25, 0.3) is 0 Å². The Labute approximate surface area is 129 Å². The lowest BCUT2D eigenvalue weighted by Gasteiger charge is -2.18. The van der Waals surface area contributed by atoms with Crippen LogP contribution in [0, 0.1) is 12.3 Å². The number of amidine groups is 1. The Morgan fingerprint density at radius 1 is 1.24 bits per heavy atom. The Bertz CT molecular complexity index is 694. The molecular weight excluding hydrogens is 278 g/mol. The van der Waals surface area contributed by atoms with E-state index in [1.807, 2.05) is 6.07 Å². The van der Waals surface area contributed by atoms with Crippen molar-refractivity contribution in [3.63, 3.8) is 0 Å². The fraction of sp³-hybridized carbons (Fsp3) is 0.294. The Kier molecular flexibility index (Phi) is 3.97. The number of nitrogens with two attached hydrogens (primary N) is 1. The van der Waals surface area contributed by atoms with Gasteiger partial charge in [-0.1, -0.05) is 29.5 Å². The molecule has 0 bridgehead atoms. The zero-order valence-electron chi connectivity index (χ0n) is 12.1. The fourth-order valence-corrected chi connectivity index (χ4v) is 3.73. The zero-order chi connectivity index (χ0) is 14.8. The summed E-state index contributed by atoms with van der Waals surface area (Å²) in [5.74, 6) is 0.103. The van der Waals surface area contributed by atoms with Gasteiger partial charge < -0.3 is 5.73 Å². The van der Waals surface area contributed by atoms with Crippen molar-refractivity contribution in [2.75, 3.05) is 0 Å². The highest BCUT2D eigenvalue weighted by Crippen LogP contribution is 2.32. The number of nitrogen functional groups attached to an aromatic ring is 1. The van der Waals surface area contributed by atoms with Gasteiger partial charge in [-0.05, 0) is 56.4 Å². The van der Waals surface area contributed by atoms with Crippen LogP contribution in [-0.4, -0.2) is 10.8 Å². The van der Waals surface area contributed by atoms with Crippen molar-refractivity contribution in [2.45, 2.75) is 42.5 Å². The molecule has 108 valence electrons. The third-order valence-corrected chi connectivity index (χ3v) is 4.75. The number of fused-ring (bicyclic) bond motifs is 1. The topological polar surface area (TPSA) is 62.8 Å². The van der Waals surface area contributed by atoms with E-state index in [0.29, 0.717) is 0 Å². The fourth-order valence-electron chi connectivity index (χ4n) is 2.68. The van der Waals surface area contributed by atoms with Crippen molar-refractivity contribution in [2.24, 2.45) is 5.73 Å². The van der Waals surface area contributed by atoms with Gasteiger partial charge in [-0.2, -0.15) is 0 Å². The summed E-state index contributed by atoms with van der Waals surface area (Å²) in [4.78, 5) is 5.94. The summed E-state index contributed by atoms with van der Waals surface area (Å²) >= 11 is 1.60. The molecule has 0 unspecified atom stereocenters. The Morgan fingerprint density at radius 2 is 2.05 bits per heavy atom.